The minimum Gasteiger partial charge on any atom is -0.324 e. The number of pyridine rings is 1. The number of aromatic nitrogens is 3. The number of amides is 1. The molecule has 1 atom stereocenters. The van der Waals surface area contributed by atoms with Gasteiger partial charge in [-0.1, -0.05) is 12.1 Å². The Bertz CT molecular complexity index is 751. The van der Waals surface area contributed by atoms with E-state index < -0.39 is 0 Å². The van der Waals surface area contributed by atoms with E-state index in [4.69, 9.17) is 0 Å². The van der Waals surface area contributed by atoms with Gasteiger partial charge in [0.1, 0.15) is 6.04 Å². The van der Waals surface area contributed by atoms with Crippen LogP contribution in [0.1, 0.15) is 24.1 Å². The van der Waals surface area contributed by atoms with Gasteiger partial charge in [-0.05, 0) is 54.8 Å². The molecule has 0 saturated carbocycles. The fourth-order valence-corrected chi connectivity index (χ4v) is 2.32. The van der Waals surface area contributed by atoms with E-state index in [1.54, 1.807) is 35.5 Å². The molecule has 1 N–H and O–H groups in total. The first-order valence-electron chi connectivity index (χ1n) is 7.50. The minimum absolute atomic E-state index is 0.0874. The molecule has 3 aromatic rings. The molecule has 0 fully saturated rings. The van der Waals surface area contributed by atoms with Gasteiger partial charge >= 0.3 is 0 Å². The van der Waals surface area contributed by atoms with Gasteiger partial charge in [0.25, 0.3) is 0 Å². The maximum Gasteiger partial charge on any atom is 0.248 e. The Morgan fingerprint density at radius 2 is 1.78 bits per heavy atom. The van der Waals surface area contributed by atoms with E-state index in [2.05, 4.69) is 15.4 Å². The number of nitrogens with zero attached hydrogens (tertiary/aromatic N) is 3. The summed E-state index contributed by atoms with van der Waals surface area (Å²) in [5, 5.41) is 7.00. The number of benzene rings is 1. The highest BCUT2D eigenvalue weighted by atomic mass is 16.2. The lowest BCUT2D eigenvalue weighted by atomic mass is 10.1. The van der Waals surface area contributed by atoms with E-state index in [-0.39, 0.29) is 11.9 Å². The van der Waals surface area contributed by atoms with Crippen molar-refractivity contribution in [2.75, 3.05) is 5.32 Å². The van der Waals surface area contributed by atoms with Crippen LogP contribution in [0.3, 0.4) is 0 Å². The van der Waals surface area contributed by atoms with Crippen molar-refractivity contribution in [1.82, 2.24) is 14.8 Å². The molecule has 0 saturated heterocycles. The van der Waals surface area contributed by atoms with Gasteiger partial charge in [0.15, 0.2) is 0 Å². The third kappa shape index (κ3) is 3.83. The van der Waals surface area contributed by atoms with Crippen LogP contribution in [0.4, 0.5) is 5.69 Å². The van der Waals surface area contributed by atoms with Gasteiger partial charge in [-0.25, -0.2) is 0 Å². The summed E-state index contributed by atoms with van der Waals surface area (Å²) in [7, 11) is 0. The summed E-state index contributed by atoms with van der Waals surface area (Å²) in [5.41, 5.74) is 3.19. The highest BCUT2D eigenvalue weighted by Crippen LogP contribution is 2.15. The zero-order valence-corrected chi connectivity index (χ0v) is 12.9. The Hall–Kier alpha value is -2.95. The largest absolute Gasteiger partial charge is 0.324 e. The van der Waals surface area contributed by atoms with Crippen LogP contribution in [0.25, 0.3) is 0 Å². The number of hydrogen-bond acceptors (Lipinski definition) is 3. The van der Waals surface area contributed by atoms with E-state index in [1.807, 2.05) is 43.3 Å². The van der Waals surface area contributed by atoms with Crippen LogP contribution in [-0.4, -0.2) is 20.7 Å². The van der Waals surface area contributed by atoms with Gasteiger partial charge < -0.3 is 5.32 Å². The summed E-state index contributed by atoms with van der Waals surface area (Å²) in [4.78, 5) is 16.2. The van der Waals surface area contributed by atoms with Gasteiger partial charge in [-0.15, -0.1) is 0 Å². The van der Waals surface area contributed by atoms with E-state index in [0.29, 0.717) is 0 Å². The average Bonchev–Trinajstić information content (AvgIpc) is 3.11. The Morgan fingerprint density at radius 1 is 1.09 bits per heavy atom. The van der Waals surface area contributed by atoms with Crippen molar-refractivity contribution < 1.29 is 4.79 Å². The molecule has 0 spiro atoms. The average molecular weight is 306 g/mol. The van der Waals surface area contributed by atoms with Crippen molar-refractivity contribution in [3.05, 3.63) is 78.4 Å². The molecule has 116 valence electrons. The maximum absolute atomic E-state index is 12.2. The number of hydrogen-bond donors (Lipinski definition) is 1. The molecular formula is C18H18N4O. The lowest BCUT2D eigenvalue weighted by Gasteiger charge is -2.13. The number of carbonyl (C=O) groups is 1. The number of nitrogens with one attached hydrogen (secondary N) is 1. The SMILES string of the molecule is CC(C(=O)Nc1ccc(Cc2ccncc2)cc1)n1cccn1. The summed E-state index contributed by atoms with van der Waals surface area (Å²) >= 11 is 0. The van der Waals surface area contributed by atoms with Crippen LogP contribution in [-0.2, 0) is 11.2 Å². The Balaban J connectivity index is 1.62. The van der Waals surface area contributed by atoms with Crippen LogP contribution < -0.4 is 5.32 Å². The summed E-state index contributed by atoms with van der Waals surface area (Å²) in [6.07, 6.45) is 7.88. The summed E-state index contributed by atoms with van der Waals surface area (Å²) < 4.78 is 1.63. The zero-order chi connectivity index (χ0) is 16.1. The molecule has 0 bridgehead atoms. The van der Waals surface area contributed by atoms with Crippen LogP contribution in [0.2, 0.25) is 0 Å². The Kier molecular flexibility index (Phi) is 4.47. The third-order valence-corrected chi connectivity index (χ3v) is 3.68. The molecule has 3 rings (SSSR count). The minimum atomic E-state index is -0.346. The van der Waals surface area contributed by atoms with E-state index >= 15 is 0 Å². The van der Waals surface area contributed by atoms with Gasteiger partial charge in [0.2, 0.25) is 5.91 Å². The standard InChI is InChI=1S/C18H18N4O/c1-14(22-12-2-9-20-22)18(23)21-17-5-3-15(4-6-17)13-16-7-10-19-11-8-16/h2-12,14H,13H2,1H3,(H,21,23). The van der Waals surface area contributed by atoms with Gasteiger partial charge in [0, 0.05) is 30.5 Å². The molecule has 0 aliphatic rings. The smallest absolute Gasteiger partial charge is 0.248 e. The lowest BCUT2D eigenvalue weighted by molar-refractivity contribution is -0.119. The molecular weight excluding hydrogens is 288 g/mol. The van der Waals surface area contributed by atoms with E-state index in [9.17, 15) is 4.79 Å². The Labute approximate surface area is 135 Å². The molecule has 0 aliphatic heterocycles. The summed E-state index contributed by atoms with van der Waals surface area (Å²) in [6, 6.07) is 13.3. The van der Waals surface area contributed by atoms with E-state index in [0.717, 1.165) is 12.1 Å². The molecule has 2 heterocycles. The molecule has 2 aromatic heterocycles. The molecule has 1 aromatic carbocycles. The van der Waals surface area contributed by atoms with Crippen molar-refractivity contribution in [2.45, 2.75) is 19.4 Å². The monoisotopic (exact) mass is 306 g/mol. The Morgan fingerprint density at radius 3 is 2.43 bits per heavy atom. The van der Waals surface area contributed by atoms with Crippen LogP contribution in [0, 0.1) is 0 Å². The second-order valence-electron chi connectivity index (χ2n) is 5.38. The molecule has 23 heavy (non-hydrogen) atoms. The van der Waals surface area contributed by atoms with E-state index in [1.165, 1.54) is 11.1 Å². The van der Waals surface area contributed by atoms with Crippen LogP contribution in [0.5, 0.6) is 0 Å². The van der Waals surface area contributed by atoms with Crippen molar-refractivity contribution in [3.63, 3.8) is 0 Å². The maximum atomic E-state index is 12.2. The third-order valence-electron chi connectivity index (χ3n) is 3.68. The molecule has 5 nitrogen and oxygen atoms in total. The van der Waals surface area contributed by atoms with Crippen molar-refractivity contribution in [3.8, 4) is 0 Å². The molecule has 1 amide bonds. The van der Waals surface area contributed by atoms with Gasteiger partial charge in [-0.3, -0.25) is 14.5 Å². The summed E-state index contributed by atoms with van der Waals surface area (Å²) in [6.45, 7) is 1.82. The zero-order valence-electron chi connectivity index (χ0n) is 12.9. The van der Waals surface area contributed by atoms with Crippen molar-refractivity contribution in [2.24, 2.45) is 0 Å². The normalized spacial score (nSPS) is 11.9. The molecule has 0 radical (unpaired) electrons. The highest BCUT2D eigenvalue weighted by Gasteiger charge is 2.14. The number of rotatable bonds is 5. The predicted octanol–water partition coefficient (Wildman–Crippen LogP) is 3.07. The topological polar surface area (TPSA) is 59.8 Å². The lowest BCUT2D eigenvalue weighted by Crippen LogP contribution is -2.23. The van der Waals surface area contributed by atoms with Gasteiger partial charge in [0.05, 0.1) is 0 Å². The molecule has 5 heteroatoms. The second-order valence-corrected chi connectivity index (χ2v) is 5.38. The second kappa shape index (κ2) is 6.87. The summed E-state index contributed by atoms with van der Waals surface area (Å²) in [5.74, 6) is -0.0874. The molecule has 0 aliphatic carbocycles. The van der Waals surface area contributed by atoms with Crippen molar-refractivity contribution in [1.29, 1.82) is 0 Å². The van der Waals surface area contributed by atoms with Gasteiger partial charge in [-0.2, -0.15) is 5.10 Å². The first-order valence-corrected chi connectivity index (χ1v) is 7.50. The molecule has 1 unspecified atom stereocenters. The van der Waals surface area contributed by atoms with Crippen LogP contribution in [0.15, 0.2) is 67.3 Å². The van der Waals surface area contributed by atoms with Crippen LogP contribution >= 0.6 is 0 Å². The number of carbonyl (C=O) groups excluding carboxylic acids is 1. The first kappa shape index (κ1) is 15.0. The highest BCUT2D eigenvalue weighted by molar-refractivity contribution is 5.93. The predicted molar refractivity (Wildman–Crippen MR) is 89.1 cm³/mol. The fraction of sp³-hybridized carbons (Fsp3) is 0.167. The fourth-order valence-electron chi connectivity index (χ4n) is 2.32. The quantitative estimate of drug-likeness (QED) is 0.788. The number of anilines is 1. The van der Waals surface area contributed by atoms with Crippen molar-refractivity contribution >= 4 is 11.6 Å². The first-order chi connectivity index (χ1) is 11.2.